The molecular formula is C16H22N2O3. The van der Waals surface area contributed by atoms with E-state index in [9.17, 15) is 4.91 Å². The fourth-order valence-electron chi connectivity index (χ4n) is 3.67. The molecule has 114 valence electrons. The number of hydroxylamine groups is 1. The Balaban J connectivity index is 1.99. The molecule has 1 aliphatic carbocycles. The Morgan fingerprint density at radius 1 is 1.48 bits per heavy atom. The van der Waals surface area contributed by atoms with Gasteiger partial charge in [-0.15, -0.1) is 4.91 Å². The summed E-state index contributed by atoms with van der Waals surface area (Å²) >= 11 is 0. The van der Waals surface area contributed by atoms with E-state index in [1.165, 1.54) is 6.42 Å². The van der Waals surface area contributed by atoms with Crippen LogP contribution in [-0.2, 0) is 11.3 Å². The lowest BCUT2D eigenvalue weighted by Crippen LogP contribution is -2.55. The lowest BCUT2D eigenvalue weighted by molar-refractivity contribution is -0.0823. The van der Waals surface area contributed by atoms with Crippen molar-refractivity contribution in [2.75, 3.05) is 13.7 Å². The van der Waals surface area contributed by atoms with Gasteiger partial charge >= 0.3 is 0 Å². The summed E-state index contributed by atoms with van der Waals surface area (Å²) in [5.74, 6) is 1.30. The van der Waals surface area contributed by atoms with Crippen LogP contribution in [0.1, 0.15) is 36.0 Å². The zero-order chi connectivity index (χ0) is 15.0. The number of nitrogens with zero attached hydrogens (tertiary/aromatic N) is 1. The minimum absolute atomic E-state index is 0.0620. The molecule has 1 aromatic rings. The molecule has 1 aromatic carbocycles. The van der Waals surface area contributed by atoms with Gasteiger partial charge in [-0.2, -0.15) is 0 Å². The molecule has 5 nitrogen and oxygen atoms in total. The Morgan fingerprint density at radius 3 is 2.81 bits per heavy atom. The summed E-state index contributed by atoms with van der Waals surface area (Å²) in [4.78, 5) is 16.1. The van der Waals surface area contributed by atoms with E-state index in [0.29, 0.717) is 11.6 Å². The third kappa shape index (κ3) is 2.24. The molecule has 1 aliphatic heterocycles. The van der Waals surface area contributed by atoms with Crippen LogP contribution < -0.4 is 10.2 Å². The molecule has 1 N–H and O–H groups in total. The van der Waals surface area contributed by atoms with E-state index in [1.54, 1.807) is 7.11 Å². The summed E-state index contributed by atoms with van der Waals surface area (Å²) in [7, 11) is 1.63. The number of hydrogen-bond donors (Lipinski definition) is 1. The summed E-state index contributed by atoms with van der Waals surface area (Å²) in [6.45, 7) is 4.64. The van der Waals surface area contributed by atoms with Gasteiger partial charge in [0.05, 0.1) is 7.11 Å². The predicted octanol–water partition coefficient (Wildman–Crippen LogP) is 3.33. The summed E-state index contributed by atoms with van der Waals surface area (Å²) < 4.78 is 6.39. The van der Waals surface area contributed by atoms with Gasteiger partial charge in [0.1, 0.15) is 17.0 Å². The third-order valence-corrected chi connectivity index (χ3v) is 5.10. The summed E-state index contributed by atoms with van der Waals surface area (Å²) in [6, 6.07) is 1.97. The van der Waals surface area contributed by atoms with Gasteiger partial charge in [0.25, 0.3) is 0 Å². The van der Waals surface area contributed by atoms with E-state index in [1.807, 2.05) is 19.9 Å². The maximum absolute atomic E-state index is 11.1. The normalized spacial score (nSPS) is 22.3. The second-order valence-corrected chi connectivity index (χ2v) is 6.21. The molecule has 0 saturated heterocycles. The number of hydrogen-bond acceptors (Lipinski definition) is 5. The fourth-order valence-corrected chi connectivity index (χ4v) is 3.67. The molecule has 1 atom stereocenters. The number of aryl methyl sites for hydroxylation is 1. The van der Waals surface area contributed by atoms with Gasteiger partial charge in [-0.05, 0) is 67.5 Å². The van der Waals surface area contributed by atoms with Gasteiger partial charge in [-0.3, -0.25) is 0 Å². The van der Waals surface area contributed by atoms with E-state index in [-0.39, 0.29) is 5.60 Å². The molecule has 3 rings (SSSR count). The number of nitroso groups, excluding NO2 is 1. The van der Waals surface area contributed by atoms with Crippen molar-refractivity contribution < 1.29 is 9.57 Å². The highest BCUT2D eigenvalue weighted by Crippen LogP contribution is 2.50. The minimum atomic E-state index is -0.0620. The molecular weight excluding hydrogens is 268 g/mol. The van der Waals surface area contributed by atoms with Gasteiger partial charge in [0, 0.05) is 12.5 Å². The highest BCUT2D eigenvalue weighted by molar-refractivity contribution is 5.61. The Hall–Kier alpha value is -1.46. The smallest absolute Gasteiger partial charge is 0.124 e. The Bertz CT molecular complexity index is 567. The minimum Gasteiger partial charge on any atom is -0.487 e. The summed E-state index contributed by atoms with van der Waals surface area (Å²) in [5, 5.41) is 3.19. The molecule has 5 heteroatoms. The van der Waals surface area contributed by atoms with Crippen LogP contribution in [0, 0.1) is 24.7 Å². The molecule has 0 bridgehead atoms. The molecule has 1 fully saturated rings. The van der Waals surface area contributed by atoms with E-state index < -0.39 is 0 Å². The Kier molecular flexibility index (Phi) is 3.71. The van der Waals surface area contributed by atoms with Crippen LogP contribution in [0.25, 0.3) is 0 Å². The van der Waals surface area contributed by atoms with Crippen LogP contribution >= 0.6 is 0 Å². The summed E-state index contributed by atoms with van der Waals surface area (Å²) in [5.41, 5.74) is 6.43. The standard InChI is InChI=1S/C16H22N2O3/c1-10-7-14-13(11(2)15(10)18-19)8-12(9-17-20-3)16(21-14)5-4-6-16/h7,12,17H,4-6,8-9H2,1-3H3. The van der Waals surface area contributed by atoms with Crippen molar-refractivity contribution in [3.8, 4) is 5.75 Å². The first-order valence-corrected chi connectivity index (χ1v) is 7.52. The van der Waals surface area contributed by atoms with Crippen molar-refractivity contribution >= 4 is 5.69 Å². The first kappa shape index (κ1) is 14.5. The third-order valence-electron chi connectivity index (χ3n) is 5.10. The van der Waals surface area contributed by atoms with E-state index >= 15 is 0 Å². The first-order valence-electron chi connectivity index (χ1n) is 7.52. The fraction of sp³-hybridized carbons (Fsp3) is 0.625. The molecule has 1 spiro atoms. The van der Waals surface area contributed by atoms with Crippen molar-refractivity contribution in [2.45, 2.75) is 45.1 Å². The number of benzene rings is 1. The number of nitrogens with one attached hydrogen (secondary N) is 1. The predicted molar refractivity (Wildman–Crippen MR) is 80.8 cm³/mol. The lowest BCUT2D eigenvalue weighted by atomic mass is 9.67. The van der Waals surface area contributed by atoms with Crippen molar-refractivity contribution in [1.82, 2.24) is 5.48 Å². The van der Waals surface area contributed by atoms with Gasteiger partial charge in [-0.1, -0.05) is 0 Å². The second kappa shape index (κ2) is 5.39. The largest absolute Gasteiger partial charge is 0.487 e. The molecule has 0 radical (unpaired) electrons. The highest BCUT2D eigenvalue weighted by atomic mass is 16.6. The second-order valence-electron chi connectivity index (χ2n) is 6.21. The molecule has 0 aromatic heterocycles. The SMILES string of the molecule is CONCC1Cc2c(cc(C)c(N=O)c2C)OC12CCC2. The van der Waals surface area contributed by atoms with E-state index in [2.05, 4.69) is 10.7 Å². The van der Waals surface area contributed by atoms with Crippen LogP contribution in [0.15, 0.2) is 11.2 Å². The van der Waals surface area contributed by atoms with Crippen molar-refractivity contribution in [1.29, 1.82) is 0 Å². The van der Waals surface area contributed by atoms with Crippen molar-refractivity contribution in [2.24, 2.45) is 11.1 Å². The Labute approximate surface area is 124 Å². The van der Waals surface area contributed by atoms with Gasteiger partial charge < -0.3 is 9.57 Å². The molecule has 0 amide bonds. The molecule has 21 heavy (non-hydrogen) atoms. The van der Waals surface area contributed by atoms with Crippen molar-refractivity contribution in [3.63, 3.8) is 0 Å². The summed E-state index contributed by atoms with van der Waals surface area (Å²) in [6.07, 6.45) is 4.30. The number of ether oxygens (including phenoxy) is 1. The van der Waals surface area contributed by atoms with Crippen molar-refractivity contribution in [3.05, 3.63) is 27.7 Å². The Morgan fingerprint density at radius 2 is 2.24 bits per heavy atom. The number of rotatable bonds is 4. The zero-order valence-electron chi connectivity index (χ0n) is 12.9. The maximum Gasteiger partial charge on any atom is 0.124 e. The highest BCUT2D eigenvalue weighted by Gasteiger charge is 2.49. The van der Waals surface area contributed by atoms with Crippen LogP contribution in [0.3, 0.4) is 0 Å². The maximum atomic E-state index is 11.1. The van der Waals surface area contributed by atoms with Crippen LogP contribution in [0.2, 0.25) is 0 Å². The van der Waals surface area contributed by atoms with E-state index in [4.69, 9.17) is 9.57 Å². The monoisotopic (exact) mass is 290 g/mol. The molecule has 1 saturated carbocycles. The van der Waals surface area contributed by atoms with Gasteiger partial charge in [0.2, 0.25) is 0 Å². The van der Waals surface area contributed by atoms with Gasteiger partial charge in [0.15, 0.2) is 0 Å². The van der Waals surface area contributed by atoms with E-state index in [0.717, 1.165) is 48.2 Å². The lowest BCUT2D eigenvalue weighted by Gasteiger charge is -2.51. The average molecular weight is 290 g/mol. The van der Waals surface area contributed by atoms with Gasteiger partial charge in [-0.25, -0.2) is 5.48 Å². The first-order chi connectivity index (χ1) is 10.1. The van der Waals surface area contributed by atoms with Crippen LogP contribution in [0.4, 0.5) is 5.69 Å². The topological polar surface area (TPSA) is 59.9 Å². The zero-order valence-corrected chi connectivity index (χ0v) is 12.9. The van der Waals surface area contributed by atoms with Crippen LogP contribution in [0.5, 0.6) is 5.75 Å². The average Bonchev–Trinajstić information content (AvgIpc) is 2.43. The molecule has 2 aliphatic rings. The molecule has 1 heterocycles. The number of fused-ring (bicyclic) bond motifs is 1. The quantitative estimate of drug-likeness (QED) is 0.682. The molecule has 1 unspecified atom stereocenters. The van der Waals surface area contributed by atoms with Crippen LogP contribution in [-0.4, -0.2) is 19.3 Å².